The summed E-state index contributed by atoms with van der Waals surface area (Å²) < 4.78 is 18.8. The number of ether oxygens (including phenoxy) is 1. The summed E-state index contributed by atoms with van der Waals surface area (Å²) in [5.74, 6) is -0.216. The van der Waals surface area contributed by atoms with Gasteiger partial charge in [-0.1, -0.05) is 30.3 Å². The highest BCUT2D eigenvalue weighted by atomic mass is 19.1. The predicted molar refractivity (Wildman–Crippen MR) is 93.0 cm³/mol. The Morgan fingerprint density at radius 1 is 0.958 bits per heavy atom. The molecule has 24 heavy (non-hydrogen) atoms. The lowest BCUT2D eigenvalue weighted by atomic mass is 10.2. The maximum Gasteiger partial charge on any atom is 0.165 e. The van der Waals surface area contributed by atoms with Gasteiger partial charge in [0.1, 0.15) is 12.7 Å². The van der Waals surface area contributed by atoms with Gasteiger partial charge in [0.05, 0.1) is 0 Å². The Labute approximate surface area is 142 Å². The SMILES string of the molecule is OC(COc1ccccc1F)CN1CCN(c2ccccc2)CC1. The minimum absolute atomic E-state index is 0.0971. The van der Waals surface area contributed by atoms with Gasteiger partial charge in [-0.05, 0) is 24.3 Å². The highest BCUT2D eigenvalue weighted by Crippen LogP contribution is 2.17. The third-order valence-corrected chi connectivity index (χ3v) is 4.23. The molecule has 1 fully saturated rings. The fourth-order valence-corrected chi connectivity index (χ4v) is 2.93. The Morgan fingerprint density at radius 3 is 2.33 bits per heavy atom. The second-order valence-electron chi connectivity index (χ2n) is 6.02. The Morgan fingerprint density at radius 2 is 1.62 bits per heavy atom. The molecule has 2 aromatic rings. The zero-order chi connectivity index (χ0) is 16.8. The molecule has 1 saturated heterocycles. The summed E-state index contributed by atoms with van der Waals surface area (Å²) in [4.78, 5) is 4.56. The first-order valence-corrected chi connectivity index (χ1v) is 8.30. The summed E-state index contributed by atoms with van der Waals surface area (Å²) >= 11 is 0. The molecule has 0 bridgehead atoms. The molecule has 5 heteroatoms. The smallest absolute Gasteiger partial charge is 0.165 e. The van der Waals surface area contributed by atoms with Crippen molar-refractivity contribution in [3.63, 3.8) is 0 Å². The standard InChI is InChI=1S/C19H23FN2O2/c20-18-8-4-5-9-19(18)24-15-17(23)14-21-10-12-22(13-11-21)16-6-2-1-3-7-16/h1-9,17,23H,10-15H2. The summed E-state index contributed by atoms with van der Waals surface area (Å²) in [5, 5.41) is 10.1. The van der Waals surface area contributed by atoms with Gasteiger partial charge in [0.15, 0.2) is 11.6 Å². The topological polar surface area (TPSA) is 35.9 Å². The number of β-amino-alcohol motifs (C(OH)–C–C–N with tert-alkyl or cyclic N) is 1. The molecular weight excluding hydrogens is 307 g/mol. The van der Waals surface area contributed by atoms with Gasteiger partial charge in [-0.3, -0.25) is 4.90 Å². The van der Waals surface area contributed by atoms with Gasteiger partial charge in [-0.2, -0.15) is 0 Å². The fourth-order valence-electron chi connectivity index (χ4n) is 2.93. The molecule has 1 aliphatic rings. The van der Waals surface area contributed by atoms with Crippen molar-refractivity contribution in [2.75, 3.05) is 44.2 Å². The first-order chi connectivity index (χ1) is 11.7. The maximum absolute atomic E-state index is 13.5. The largest absolute Gasteiger partial charge is 0.488 e. The van der Waals surface area contributed by atoms with Crippen LogP contribution in [0.25, 0.3) is 0 Å². The number of rotatable bonds is 6. The molecule has 1 N–H and O–H groups in total. The van der Waals surface area contributed by atoms with Crippen LogP contribution in [0, 0.1) is 5.82 Å². The van der Waals surface area contributed by atoms with Crippen LogP contribution in [0.3, 0.4) is 0 Å². The van der Waals surface area contributed by atoms with E-state index < -0.39 is 11.9 Å². The summed E-state index contributed by atoms with van der Waals surface area (Å²) in [7, 11) is 0. The van der Waals surface area contributed by atoms with E-state index in [1.165, 1.54) is 11.8 Å². The average Bonchev–Trinajstić information content (AvgIpc) is 2.62. The molecule has 0 spiro atoms. The van der Waals surface area contributed by atoms with Crippen LogP contribution in [0.1, 0.15) is 0 Å². The van der Waals surface area contributed by atoms with Gasteiger partial charge in [-0.15, -0.1) is 0 Å². The molecule has 0 amide bonds. The van der Waals surface area contributed by atoms with Crippen LogP contribution in [0.15, 0.2) is 54.6 Å². The van der Waals surface area contributed by atoms with Gasteiger partial charge in [0, 0.05) is 38.4 Å². The van der Waals surface area contributed by atoms with Crippen molar-refractivity contribution in [1.29, 1.82) is 0 Å². The number of aliphatic hydroxyl groups excluding tert-OH is 1. The molecule has 1 heterocycles. The normalized spacial score (nSPS) is 16.8. The maximum atomic E-state index is 13.5. The van der Waals surface area contributed by atoms with Crippen molar-refractivity contribution in [1.82, 2.24) is 4.90 Å². The van der Waals surface area contributed by atoms with Crippen LogP contribution in [0.5, 0.6) is 5.75 Å². The zero-order valence-corrected chi connectivity index (χ0v) is 13.6. The van der Waals surface area contributed by atoms with E-state index in [1.807, 2.05) is 18.2 Å². The van der Waals surface area contributed by atoms with E-state index in [-0.39, 0.29) is 12.4 Å². The third kappa shape index (κ3) is 4.46. The lowest BCUT2D eigenvalue weighted by Crippen LogP contribution is -2.49. The number of aliphatic hydroxyl groups is 1. The molecule has 3 rings (SSSR count). The number of piperazine rings is 1. The first kappa shape index (κ1) is 16.7. The van der Waals surface area contributed by atoms with E-state index in [9.17, 15) is 9.50 Å². The van der Waals surface area contributed by atoms with Crippen LogP contribution in [-0.4, -0.2) is 55.4 Å². The number of para-hydroxylation sites is 2. The van der Waals surface area contributed by atoms with E-state index in [1.54, 1.807) is 18.2 Å². The molecule has 1 unspecified atom stereocenters. The molecule has 0 aromatic heterocycles. The number of hydrogen-bond donors (Lipinski definition) is 1. The number of anilines is 1. The van der Waals surface area contributed by atoms with Crippen LogP contribution in [-0.2, 0) is 0 Å². The number of benzene rings is 2. The van der Waals surface area contributed by atoms with E-state index in [2.05, 4.69) is 21.9 Å². The monoisotopic (exact) mass is 330 g/mol. The fraction of sp³-hybridized carbons (Fsp3) is 0.368. The number of halogens is 1. The Balaban J connectivity index is 1.42. The van der Waals surface area contributed by atoms with E-state index in [0.717, 1.165) is 26.2 Å². The number of hydrogen-bond acceptors (Lipinski definition) is 4. The predicted octanol–water partition coefficient (Wildman–Crippen LogP) is 2.39. The lowest BCUT2D eigenvalue weighted by Gasteiger charge is -2.36. The average molecular weight is 330 g/mol. The molecule has 0 aliphatic carbocycles. The van der Waals surface area contributed by atoms with Gasteiger partial charge in [-0.25, -0.2) is 4.39 Å². The molecule has 0 radical (unpaired) electrons. The van der Waals surface area contributed by atoms with Crippen molar-refractivity contribution in [3.8, 4) is 5.75 Å². The Kier molecular flexibility index (Phi) is 5.67. The Hall–Kier alpha value is -2.11. The summed E-state index contributed by atoms with van der Waals surface area (Å²) in [6.45, 7) is 4.30. The molecule has 4 nitrogen and oxygen atoms in total. The summed E-state index contributed by atoms with van der Waals surface area (Å²) in [6, 6.07) is 16.6. The zero-order valence-electron chi connectivity index (χ0n) is 13.6. The molecule has 2 aromatic carbocycles. The second kappa shape index (κ2) is 8.13. The van der Waals surface area contributed by atoms with E-state index in [0.29, 0.717) is 6.54 Å². The van der Waals surface area contributed by atoms with E-state index in [4.69, 9.17) is 4.74 Å². The molecule has 1 atom stereocenters. The van der Waals surface area contributed by atoms with E-state index >= 15 is 0 Å². The second-order valence-corrected chi connectivity index (χ2v) is 6.02. The Bertz CT molecular complexity index is 630. The van der Waals surface area contributed by atoms with Crippen LogP contribution in [0.2, 0.25) is 0 Å². The highest BCUT2D eigenvalue weighted by molar-refractivity contribution is 5.46. The minimum Gasteiger partial charge on any atom is -0.488 e. The van der Waals surface area contributed by atoms with Crippen molar-refractivity contribution in [3.05, 3.63) is 60.4 Å². The number of nitrogens with zero attached hydrogens (tertiary/aromatic N) is 2. The lowest BCUT2D eigenvalue weighted by molar-refractivity contribution is 0.0649. The van der Waals surface area contributed by atoms with Crippen molar-refractivity contribution >= 4 is 5.69 Å². The van der Waals surface area contributed by atoms with Gasteiger partial charge < -0.3 is 14.7 Å². The van der Waals surface area contributed by atoms with Crippen molar-refractivity contribution in [2.24, 2.45) is 0 Å². The van der Waals surface area contributed by atoms with Crippen LogP contribution in [0.4, 0.5) is 10.1 Å². The quantitative estimate of drug-likeness (QED) is 0.882. The summed E-state index contributed by atoms with van der Waals surface area (Å²) in [6.07, 6.45) is -0.632. The molecule has 1 aliphatic heterocycles. The third-order valence-electron chi connectivity index (χ3n) is 4.23. The van der Waals surface area contributed by atoms with Gasteiger partial charge in [0.2, 0.25) is 0 Å². The highest BCUT2D eigenvalue weighted by Gasteiger charge is 2.19. The van der Waals surface area contributed by atoms with Crippen molar-refractivity contribution in [2.45, 2.75) is 6.10 Å². The van der Waals surface area contributed by atoms with Crippen LogP contribution >= 0.6 is 0 Å². The minimum atomic E-state index is -0.632. The molecule has 0 saturated carbocycles. The molecular formula is C19H23FN2O2. The van der Waals surface area contributed by atoms with Crippen molar-refractivity contribution < 1.29 is 14.2 Å². The molecule has 128 valence electrons. The van der Waals surface area contributed by atoms with Gasteiger partial charge in [0.25, 0.3) is 0 Å². The summed E-state index contributed by atoms with van der Waals surface area (Å²) in [5.41, 5.74) is 1.24. The van der Waals surface area contributed by atoms with Gasteiger partial charge >= 0.3 is 0 Å². The first-order valence-electron chi connectivity index (χ1n) is 8.30. The van der Waals surface area contributed by atoms with Crippen LogP contribution < -0.4 is 9.64 Å².